The van der Waals surface area contributed by atoms with Gasteiger partial charge in [-0.2, -0.15) is 10.4 Å². The molecule has 0 unspecified atom stereocenters. The highest BCUT2D eigenvalue weighted by Gasteiger charge is 2.06. The molecule has 2 aromatic rings. The maximum Gasteiger partial charge on any atom is 0.171 e. The number of aryl methyl sites for hydroxylation is 1. The van der Waals surface area contributed by atoms with Gasteiger partial charge in [0.15, 0.2) is 5.82 Å². The zero-order valence-corrected chi connectivity index (χ0v) is 11.2. The van der Waals surface area contributed by atoms with Gasteiger partial charge in [0.25, 0.3) is 0 Å². The Balaban J connectivity index is 2.34. The summed E-state index contributed by atoms with van der Waals surface area (Å²) < 4.78 is 0. The molecule has 0 bridgehead atoms. The number of hydrogen-bond acceptors (Lipinski definition) is 5. The number of nitrogens with one attached hydrogen (secondary N) is 1. The lowest BCUT2D eigenvalue weighted by Crippen LogP contribution is -2.10. The van der Waals surface area contributed by atoms with Gasteiger partial charge in [-0.1, -0.05) is 6.07 Å². The standard InChI is InChI=1S/C14H15N5/c1-10-4-5-12(8-13(10)19(2)3)17-14-11(9-15)6-7-16-18-14/h4-8H,1-3H3,(H,17,18). The molecule has 0 aliphatic carbocycles. The number of nitriles is 1. The Bertz CT molecular complexity index is 628. The molecule has 0 amide bonds. The second-order valence-corrected chi connectivity index (χ2v) is 4.43. The van der Waals surface area contributed by atoms with Crippen molar-refractivity contribution in [1.29, 1.82) is 5.26 Å². The number of nitrogens with zero attached hydrogens (tertiary/aromatic N) is 4. The first kappa shape index (κ1) is 12.8. The van der Waals surface area contributed by atoms with Gasteiger partial charge in [-0.3, -0.25) is 0 Å². The molecule has 19 heavy (non-hydrogen) atoms. The molecule has 0 radical (unpaired) electrons. The van der Waals surface area contributed by atoms with Crippen LogP contribution < -0.4 is 10.2 Å². The lowest BCUT2D eigenvalue weighted by molar-refractivity contribution is 1.03. The van der Waals surface area contributed by atoms with Crippen LogP contribution in [0, 0.1) is 18.3 Å². The zero-order chi connectivity index (χ0) is 13.8. The summed E-state index contributed by atoms with van der Waals surface area (Å²) >= 11 is 0. The van der Waals surface area contributed by atoms with E-state index in [0.717, 1.165) is 11.4 Å². The van der Waals surface area contributed by atoms with Crippen molar-refractivity contribution in [3.05, 3.63) is 41.6 Å². The minimum Gasteiger partial charge on any atom is -0.377 e. The van der Waals surface area contributed by atoms with E-state index in [4.69, 9.17) is 5.26 Å². The minimum atomic E-state index is 0.471. The van der Waals surface area contributed by atoms with Gasteiger partial charge in [0, 0.05) is 25.5 Å². The van der Waals surface area contributed by atoms with Crippen molar-refractivity contribution >= 4 is 17.2 Å². The van der Waals surface area contributed by atoms with Crippen LogP contribution in [0.5, 0.6) is 0 Å². The van der Waals surface area contributed by atoms with Crippen LogP contribution in [0.25, 0.3) is 0 Å². The van der Waals surface area contributed by atoms with Crippen molar-refractivity contribution in [2.75, 3.05) is 24.3 Å². The normalized spacial score (nSPS) is 9.79. The molecule has 1 heterocycles. The molecule has 0 saturated heterocycles. The van der Waals surface area contributed by atoms with Crippen LogP contribution in [-0.2, 0) is 0 Å². The van der Waals surface area contributed by atoms with E-state index in [2.05, 4.69) is 28.5 Å². The van der Waals surface area contributed by atoms with Gasteiger partial charge in [0.2, 0.25) is 0 Å². The van der Waals surface area contributed by atoms with Crippen LogP contribution in [0.4, 0.5) is 17.2 Å². The summed E-state index contributed by atoms with van der Waals surface area (Å²) in [4.78, 5) is 2.04. The van der Waals surface area contributed by atoms with Crippen LogP contribution in [0.15, 0.2) is 30.5 Å². The molecule has 5 nitrogen and oxygen atoms in total. The molecule has 1 aromatic carbocycles. The molecule has 5 heteroatoms. The Morgan fingerprint density at radius 1 is 1.26 bits per heavy atom. The maximum atomic E-state index is 9.02. The van der Waals surface area contributed by atoms with Gasteiger partial charge in [-0.05, 0) is 30.7 Å². The molecule has 2 rings (SSSR count). The third kappa shape index (κ3) is 2.80. The van der Waals surface area contributed by atoms with E-state index in [1.54, 1.807) is 6.07 Å². The first-order valence-electron chi connectivity index (χ1n) is 5.88. The summed E-state index contributed by atoms with van der Waals surface area (Å²) in [7, 11) is 3.99. The monoisotopic (exact) mass is 253 g/mol. The topological polar surface area (TPSA) is 64.8 Å². The van der Waals surface area contributed by atoms with Crippen LogP contribution >= 0.6 is 0 Å². The summed E-state index contributed by atoms with van der Waals surface area (Å²) in [5.41, 5.74) is 3.66. The number of aromatic nitrogens is 2. The lowest BCUT2D eigenvalue weighted by Gasteiger charge is -2.17. The highest BCUT2D eigenvalue weighted by molar-refractivity contribution is 5.68. The van der Waals surface area contributed by atoms with Gasteiger partial charge >= 0.3 is 0 Å². The van der Waals surface area contributed by atoms with E-state index in [0.29, 0.717) is 11.4 Å². The molecule has 1 aromatic heterocycles. The fraction of sp³-hybridized carbons (Fsp3) is 0.214. The molecule has 0 spiro atoms. The molecular formula is C14H15N5. The summed E-state index contributed by atoms with van der Waals surface area (Å²) in [5.74, 6) is 0.471. The van der Waals surface area contributed by atoms with Crippen molar-refractivity contribution in [2.24, 2.45) is 0 Å². The zero-order valence-electron chi connectivity index (χ0n) is 11.2. The van der Waals surface area contributed by atoms with Crippen molar-refractivity contribution in [3.63, 3.8) is 0 Å². The first-order valence-corrected chi connectivity index (χ1v) is 5.88. The van der Waals surface area contributed by atoms with E-state index in [-0.39, 0.29) is 0 Å². The molecule has 0 aliphatic heterocycles. The Hall–Kier alpha value is -2.61. The second-order valence-electron chi connectivity index (χ2n) is 4.43. The van der Waals surface area contributed by atoms with Crippen molar-refractivity contribution in [1.82, 2.24) is 10.2 Å². The number of anilines is 3. The predicted molar refractivity (Wildman–Crippen MR) is 75.5 cm³/mol. The fourth-order valence-electron chi connectivity index (χ4n) is 1.82. The summed E-state index contributed by atoms with van der Waals surface area (Å²) in [6.45, 7) is 2.06. The van der Waals surface area contributed by atoms with Crippen molar-refractivity contribution in [3.8, 4) is 6.07 Å². The average Bonchev–Trinajstić information content (AvgIpc) is 2.41. The van der Waals surface area contributed by atoms with Crippen LogP contribution in [0.1, 0.15) is 11.1 Å². The van der Waals surface area contributed by atoms with Gasteiger partial charge in [0.1, 0.15) is 6.07 Å². The van der Waals surface area contributed by atoms with Crippen LogP contribution in [-0.4, -0.2) is 24.3 Å². The van der Waals surface area contributed by atoms with Gasteiger partial charge in [-0.25, -0.2) is 0 Å². The van der Waals surface area contributed by atoms with Gasteiger partial charge < -0.3 is 10.2 Å². The third-order valence-corrected chi connectivity index (χ3v) is 2.79. The molecule has 96 valence electrons. The molecule has 0 fully saturated rings. The number of rotatable bonds is 3. The van der Waals surface area contributed by atoms with Gasteiger partial charge in [-0.15, -0.1) is 5.10 Å². The van der Waals surface area contributed by atoms with E-state index in [9.17, 15) is 0 Å². The lowest BCUT2D eigenvalue weighted by atomic mass is 10.1. The Labute approximate surface area is 112 Å². The first-order chi connectivity index (χ1) is 9.11. The van der Waals surface area contributed by atoms with Crippen LogP contribution in [0.3, 0.4) is 0 Å². The molecule has 0 aliphatic rings. The third-order valence-electron chi connectivity index (χ3n) is 2.79. The Morgan fingerprint density at radius 3 is 2.74 bits per heavy atom. The van der Waals surface area contributed by atoms with Crippen molar-refractivity contribution in [2.45, 2.75) is 6.92 Å². The molecule has 1 N–H and O–H groups in total. The quantitative estimate of drug-likeness (QED) is 0.910. The predicted octanol–water partition coefficient (Wildman–Crippen LogP) is 2.47. The maximum absolute atomic E-state index is 9.02. The number of hydrogen-bond donors (Lipinski definition) is 1. The van der Waals surface area contributed by atoms with E-state index in [1.807, 2.05) is 37.2 Å². The molecule has 0 saturated carbocycles. The Kier molecular flexibility index (Phi) is 3.62. The van der Waals surface area contributed by atoms with E-state index >= 15 is 0 Å². The summed E-state index contributed by atoms with van der Waals surface area (Å²) in [6, 6.07) is 9.73. The smallest absolute Gasteiger partial charge is 0.171 e. The summed E-state index contributed by atoms with van der Waals surface area (Å²) in [5, 5.41) is 19.9. The van der Waals surface area contributed by atoms with E-state index < -0.39 is 0 Å². The average molecular weight is 253 g/mol. The largest absolute Gasteiger partial charge is 0.377 e. The second kappa shape index (κ2) is 5.36. The highest BCUT2D eigenvalue weighted by atomic mass is 15.2. The van der Waals surface area contributed by atoms with Crippen LogP contribution in [0.2, 0.25) is 0 Å². The molecular weight excluding hydrogens is 238 g/mol. The number of benzene rings is 1. The summed E-state index contributed by atoms with van der Waals surface area (Å²) in [6.07, 6.45) is 1.50. The SMILES string of the molecule is Cc1ccc(Nc2nnccc2C#N)cc1N(C)C. The fourth-order valence-corrected chi connectivity index (χ4v) is 1.82. The minimum absolute atomic E-state index is 0.471. The molecule has 0 atom stereocenters. The highest BCUT2D eigenvalue weighted by Crippen LogP contribution is 2.25. The van der Waals surface area contributed by atoms with Gasteiger partial charge in [0.05, 0.1) is 11.8 Å². The van der Waals surface area contributed by atoms with E-state index in [1.165, 1.54) is 11.8 Å². The van der Waals surface area contributed by atoms with Crippen molar-refractivity contribution < 1.29 is 0 Å². The Morgan fingerprint density at radius 2 is 2.05 bits per heavy atom.